The Morgan fingerprint density at radius 2 is 1.51 bits per heavy atom. The average Bonchev–Trinajstić information content (AvgIpc) is 2.86. The first-order valence-electron chi connectivity index (χ1n) is 14.9. The summed E-state index contributed by atoms with van der Waals surface area (Å²) in [6, 6.07) is 7.99. The fourth-order valence-electron chi connectivity index (χ4n) is 5.67. The van der Waals surface area contributed by atoms with Gasteiger partial charge in [-0.2, -0.15) is 0 Å². The molecule has 0 fully saturated rings. The number of phenols is 1. The maximum Gasteiger partial charge on any atom is 0.136 e. The quantitative estimate of drug-likeness (QED) is 0.259. The molecule has 0 saturated carbocycles. The van der Waals surface area contributed by atoms with Gasteiger partial charge in [0.15, 0.2) is 0 Å². The third-order valence-corrected chi connectivity index (χ3v) is 8.36. The molecule has 2 heteroatoms. The molecule has 1 heterocycles. The van der Waals surface area contributed by atoms with Gasteiger partial charge in [0, 0.05) is 28.3 Å². The smallest absolute Gasteiger partial charge is 0.136 e. The molecule has 0 spiro atoms. The Bertz CT molecular complexity index is 1080. The molecule has 3 rings (SSSR count). The molecule has 3 atom stereocenters. The summed E-state index contributed by atoms with van der Waals surface area (Å²) in [5, 5.41) is 12.5. The Morgan fingerprint density at radius 3 is 2.16 bits per heavy atom. The average molecular weight is 505 g/mol. The van der Waals surface area contributed by atoms with E-state index in [1.165, 1.54) is 63.4 Å². The first-order chi connectivity index (χ1) is 17.6. The molecule has 0 amide bonds. The second-order valence-electron chi connectivity index (χ2n) is 12.6. The van der Waals surface area contributed by atoms with Crippen molar-refractivity contribution in [1.29, 1.82) is 0 Å². The number of rotatable bonds is 14. The van der Waals surface area contributed by atoms with Gasteiger partial charge in [0.2, 0.25) is 0 Å². The monoisotopic (exact) mass is 504 g/mol. The highest BCUT2D eigenvalue weighted by Crippen LogP contribution is 2.45. The standard InChI is InChI=1S/C35H52O2/c1-25(2)13-10-14-26(3)15-11-16-27(4)17-12-18-28(5)21-23-35(7)24-22-30-29(6)33(36)31-19-8-9-20-32(31)34(30)37-35/h8-9,19-22,24-27,36H,10-18,23H2,1-7H3/b28-21+/t26-,27-,35?/m1/s1. The fraction of sp³-hybridized carbons (Fsp3) is 0.600. The predicted molar refractivity (Wildman–Crippen MR) is 162 cm³/mol. The largest absolute Gasteiger partial charge is 0.507 e. The fourth-order valence-corrected chi connectivity index (χ4v) is 5.67. The topological polar surface area (TPSA) is 29.5 Å². The van der Waals surface area contributed by atoms with Gasteiger partial charge in [-0.25, -0.2) is 0 Å². The van der Waals surface area contributed by atoms with E-state index >= 15 is 0 Å². The molecule has 0 saturated heterocycles. The van der Waals surface area contributed by atoms with Gasteiger partial charge in [-0.15, -0.1) is 0 Å². The Balaban J connectivity index is 1.44. The van der Waals surface area contributed by atoms with E-state index in [2.05, 4.69) is 59.8 Å². The summed E-state index contributed by atoms with van der Waals surface area (Å²) in [5.41, 5.74) is 2.96. The molecule has 1 aliphatic heterocycles. The normalized spacial score (nSPS) is 19.2. The summed E-state index contributed by atoms with van der Waals surface area (Å²) in [4.78, 5) is 0. The summed E-state index contributed by atoms with van der Waals surface area (Å²) in [6.45, 7) is 15.9. The highest BCUT2D eigenvalue weighted by molar-refractivity contribution is 5.98. The molecule has 1 aliphatic rings. The molecule has 0 bridgehead atoms. The summed E-state index contributed by atoms with van der Waals surface area (Å²) in [6.07, 6.45) is 19.6. The van der Waals surface area contributed by atoms with Crippen LogP contribution < -0.4 is 4.74 Å². The van der Waals surface area contributed by atoms with E-state index in [9.17, 15) is 5.11 Å². The highest BCUT2D eigenvalue weighted by Gasteiger charge is 2.29. The van der Waals surface area contributed by atoms with Crippen molar-refractivity contribution in [1.82, 2.24) is 0 Å². The van der Waals surface area contributed by atoms with Crippen LogP contribution in [0.1, 0.15) is 117 Å². The first kappa shape index (κ1) is 29.3. The molecule has 37 heavy (non-hydrogen) atoms. The number of benzene rings is 2. The van der Waals surface area contributed by atoms with E-state index in [1.54, 1.807) is 0 Å². The molecule has 1 unspecified atom stereocenters. The summed E-state index contributed by atoms with van der Waals surface area (Å²) in [5.74, 6) is 3.80. The molecular formula is C35H52O2. The van der Waals surface area contributed by atoms with Gasteiger partial charge < -0.3 is 9.84 Å². The van der Waals surface area contributed by atoms with E-state index < -0.39 is 0 Å². The van der Waals surface area contributed by atoms with Crippen molar-refractivity contribution in [3.8, 4) is 11.5 Å². The van der Waals surface area contributed by atoms with Crippen LogP contribution >= 0.6 is 0 Å². The van der Waals surface area contributed by atoms with Crippen molar-refractivity contribution < 1.29 is 9.84 Å². The zero-order valence-corrected chi connectivity index (χ0v) is 24.7. The van der Waals surface area contributed by atoms with Gasteiger partial charge >= 0.3 is 0 Å². The third-order valence-electron chi connectivity index (χ3n) is 8.36. The van der Waals surface area contributed by atoms with Gasteiger partial charge in [-0.3, -0.25) is 0 Å². The number of fused-ring (bicyclic) bond motifs is 3. The summed E-state index contributed by atoms with van der Waals surface area (Å²) < 4.78 is 6.62. The summed E-state index contributed by atoms with van der Waals surface area (Å²) in [7, 11) is 0. The van der Waals surface area contributed by atoms with Crippen LogP contribution in [-0.4, -0.2) is 10.7 Å². The number of hydrogen-bond acceptors (Lipinski definition) is 2. The first-order valence-corrected chi connectivity index (χ1v) is 14.9. The Kier molecular flexibility index (Phi) is 10.7. The number of aromatic hydroxyl groups is 1. The van der Waals surface area contributed by atoms with Crippen LogP contribution in [-0.2, 0) is 0 Å². The third kappa shape index (κ3) is 8.39. The van der Waals surface area contributed by atoms with Crippen molar-refractivity contribution in [2.45, 2.75) is 118 Å². The van der Waals surface area contributed by atoms with Crippen LogP contribution in [0.2, 0.25) is 0 Å². The molecule has 0 aromatic heterocycles. The van der Waals surface area contributed by atoms with Crippen LogP contribution in [0.4, 0.5) is 0 Å². The molecule has 0 aliphatic carbocycles. The van der Waals surface area contributed by atoms with E-state index in [0.717, 1.165) is 51.8 Å². The lowest BCUT2D eigenvalue weighted by molar-refractivity contribution is 0.143. The Morgan fingerprint density at radius 1 is 0.919 bits per heavy atom. The molecule has 204 valence electrons. The van der Waals surface area contributed by atoms with Gasteiger partial charge in [0.1, 0.15) is 17.1 Å². The zero-order valence-electron chi connectivity index (χ0n) is 24.7. The second kappa shape index (κ2) is 13.5. The van der Waals surface area contributed by atoms with E-state index in [1.807, 2.05) is 31.2 Å². The predicted octanol–water partition coefficient (Wildman–Crippen LogP) is 10.8. The van der Waals surface area contributed by atoms with Crippen molar-refractivity contribution in [2.24, 2.45) is 17.8 Å². The SMILES string of the molecule is C/C(=C\CC1(C)C=Cc2c(C)c(O)c3ccccc3c2O1)CCC[C@H](C)CCC[C@H](C)CCCC(C)C. The zero-order chi connectivity index (χ0) is 27.0. The lowest BCUT2D eigenvalue weighted by atomic mass is 9.90. The number of phenolic OH excluding ortho intramolecular Hbond substituents is 1. The van der Waals surface area contributed by atoms with E-state index in [-0.39, 0.29) is 5.60 Å². The molecule has 1 N–H and O–H groups in total. The molecule has 0 radical (unpaired) electrons. The lowest BCUT2D eigenvalue weighted by Crippen LogP contribution is -2.31. The van der Waals surface area contributed by atoms with Crippen LogP contribution in [0.25, 0.3) is 16.8 Å². The van der Waals surface area contributed by atoms with Crippen LogP contribution in [0.3, 0.4) is 0 Å². The lowest BCUT2D eigenvalue weighted by Gasteiger charge is -2.33. The second-order valence-corrected chi connectivity index (χ2v) is 12.6. The Hall–Kier alpha value is -2.22. The van der Waals surface area contributed by atoms with Crippen LogP contribution in [0.15, 0.2) is 42.0 Å². The van der Waals surface area contributed by atoms with Crippen molar-refractivity contribution in [3.63, 3.8) is 0 Å². The molecular weight excluding hydrogens is 452 g/mol. The van der Waals surface area contributed by atoms with Crippen molar-refractivity contribution >= 4 is 16.8 Å². The minimum atomic E-state index is -0.375. The van der Waals surface area contributed by atoms with E-state index in [0.29, 0.717) is 5.75 Å². The number of hydrogen-bond donors (Lipinski definition) is 1. The van der Waals surface area contributed by atoms with E-state index in [4.69, 9.17) is 4.74 Å². The van der Waals surface area contributed by atoms with Gasteiger partial charge in [-0.05, 0) is 57.4 Å². The van der Waals surface area contributed by atoms with Gasteiger partial charge in [0.25, 0.3) is 0 Å². The molecule has 2 nitrogen and oxygen atoms in total. The minimum absolute atomic E-state index is 0.354. The maximum absolute atomic E-state index is 10.7. The van der Waals surface area contributed by atoms with Gasteiger partial charge in [0.05, 0.1) is 0 Å². The van der Waals surface area contributed by atoms with Crippen molar-refractivity contribution in [3.05, 3.63) is 53.1 Å². The Labute approximate surface area is 227 Å². The van der Waals surface area contributed by atoms with Gasteiger partial charge in [-0.1, -0.05) is 115 Å². The number of allylic oxidation sites excluding steroid dienone is 1. The minimum Gasteiger partial charge on any atom is -0.507 e. The highest BCUT2D eigenvalue weighted by atomic mass is 16.5. The molecule has 2 aromatic carbocycles. The van der Waals surface area contributed by atoms with Crippen molar-refractivity contribution in [2.75, 3.05) is 0 Å². The summed E-state index contributed by atoms with van der Waals surface area (Å²) >= 11 is 0. The maximum atomic E-state index is 10.7. The number of ether oxygens (including phenoxy) is 1. The molecule has 2 aromatic rings. The van der Waals surface area contributed by atoms with Crippen LogP contribution in [0.5, 0.6) is 11.5 Å². The van der Waals surface area contributed by atoms with Crippen LogP contribution in [0, 0.1) is 24.7 Å².